The first kappa shape index (κ1) is 21.6. The van der Waals surface area contributed by atoms with Gasteiger partial charge in [0.1, 0.15) is 0 Å². The molecule has 0 saturated heterocycles. The molecule has 0 aliphatic rings. The molecule has 1 aromatic heterocycles. The number of aromatic nitrogens is 1. The average molecular weight is 506 g/mol. The molecular weight excluding hydrogens is 482 g/mol. The fourth-order valence-corrected chi connectivity index (χ4v) is 6.65. The summed E-state index contributed by atoms with van der Waals surface area (Å²) in [6, 6.07) is 50.8. The zero-order chi connectivity index (χ0) is 26.2. The van der Waals surface area contributed by atoms with Crippen molar-refractivity contribution in [1.29, 1.82) is 0 Å². The Morgan fingerprint density at radius 3 is 1.75 bits per heavy atom. The van der Waals surface area contributed by atoms with Crippen LogP contribution in [-0.2, 0) is 0 Å². The van der Waals surface area contributed by atoms with Gasteiger partial charge in [0.15, 0.2) is 0 Å². The van der Waals surface area contributed by atoms with Crippen molar-refractivity contribution in [2.45, 2.75) is 0 Å². The van der Waals surface area contributed by atoms with Crippen molar-refractivity contribution in [2.75, 3.05) is 0 Å². The molecule has 0 aliphatic carbocycles. The lowest BCUT2D eigenvalue weighted by atomic mass is 9.88. The molecule has 0 amide bonds. The van der Waals surface area contributed by atoms with E-state index in [0.29, 0.717) is 0 Å². The van der Waals surface area contributed by atoms with Crippen LogP contribution in [0.25, 0.3) is 87.1 Å². The van der Waals surface area contributed by atoms with E-state index in [1.165, 1.54) is 65.0 Å². The van der Waals surface area contributed by atoms with Gasteiger partial charge >= 0.3 is 0 Å². The predicted octanol–water partition coefficient (Wildman–Crippen LogP) is 10.8. The molecule has 184 valence electrons. The van der Waals surface area contributed by atoms with E-state index in [1.54, 1.807) is 0 Å². The molecule has 8 aromatic carbocycles. The minimum Gasteiger partial charge on any atom is -0.248 e. The monoisotopic (exact) mass is 505 g/mol. The van der Waals surface area contributed by atoms with Crippen LogP contribution in [0, 0.1) is 0 Å². The van der Waals surface area contributed by atoms with Gasteiger partial charge in [-0.05, 0) is 101 Å². The molecule has 40 heavy (non-hydrogen) atoms. The lowest BCUT2D eigenvalue weighted by molar-refractivity contribution is 1.40. The van der Waals surface area contributed by atoms with Crippen LogP contribution in [-0.4, -0.2) is 4.98 Å². The number of hydrogen-bond donors (Lipinski definition) is 0. The summed E-state index contributed by atoms with van der Waals surface area (Å²) < 4.78 is 0. The molecule has 1 heteroatoms. The number of nitrogens with zero attached hydrogens (tertiary/aromatic N) is 1. The maximum Gasteiger partial charge on any atom is 0.0715 e. The third-order valence-corrected chi connectivity index (χ3v) is 8.51. The summed E-state index contributed by atoms with van der Waals surface area (Å²) in [7, 11) is 0. The predicted molar refractivity (Wildman–Crippen MR) is 171 cm³/mol. The molecule has 0 spiro atoms. The number of benzene rings is 8. The van der Waals surface area contributed by atoms with E-state index in [4.69, 9.17) is 4.98 Å². The van der Waals surface area contributed by atoms with Gasteiger partial charge in [-0.25, -0.2) is 4.98 Å². The van der Waals surface area contributed by atoms with Crippen LogP contribution in [0.2, 0.25) is 0 Å². The van der Waals surface area contributed by atoms with Crippen LogP contribution < -0.4 is 0 Å². The first-order valence-corrected chi connectivity index (χ1v) is 13.8. The largest absolute Gasteiger partial charge is 0.248 e. The van der Waals surface area contributed by atoms with Gasteiger partial charge in [-0.1, -0.05) is 103 Å². The van der Waals surface area contributed by atoms with Gasteiger partial charge in [0, 0.05) is 10.9 Å². The Labute approximate surface area is 231 Å². The van der Waals surface area contributed by atoms with Crippen molar-refractivity contribution >= 4 is 64.8 Å². The second kappa shape index (κ2) is 8.11. The van der Waals surface area contributed by atoms with Crippen LogP contribution in [0.4, 0.5) is 0 Å². The summed E-state index contributed by atoms with van der Waals surface area (Å²) in [5.74, 6) is 0. The van der Waals surface area contributed by atoms with Crippen LogP contribution in [0.5, 0.6) is 0 Å². The highest BCUT2D eigenvalue weighted by Gasteiger charge is 2.14. The van der Waals surface area contributed by atoms with Crippen molar-refractivity contribution in [3.8, 4) is 22.4 Å². The zero-order valence-electron chi connectivity index (χ0n) is 21.7. The Balaban J connectivity index is 1.25. The van der Waals surface area contributed by atoms with E-state index in [0.717, 1.165) is 22.2 Å². The van der Waals surface area contributed by atoms with Gasteiger partial charge in [0.2, 0.25) is 0 Å². The molecule has 0 radical (unpaired) electrons. The molecule has 0 N–H and O–H groups in total. The van der Waals surface area contributed by atoms with Crippen molar-refractivity contribution in [3.63, 3.8) is 0 Å². The third-order valence-electron chi connectivity index (χ3n) is 8.51. The quantitative estimate of drug-likeness (QED) is 0.168. The average Bonchev–Trinajstić information content (AvgIpc) is 3.02. The summed E-state index contributed by atoms with van der Waals surface area (Å²) >= 11 is 0. The molecule has 0 saturated carbocycles. The molecule has 0 bridgehead atoms. The Morgan fingerprint density at radius 2 is 0.950 bits per heavy atom. The summed E-state index contributed by atoms with van der Waals surface area (Å²) in [4.78, 5) is 5.09. The normalized spacial score (nSPS) is 12.0. The molecule has 9 rings (SSSR count). The lowest BCUT2D eigenvalue weighted by Crippen LogP contribution is -1.89. The van der Waals surface area contributed by atoms with Gasteiger partial charge in [-0.15, -0.1) is 0 Å². The van der Waals surface area contributed by atoms with E-state index < -0.39 is 0 Å². The number of fused-ring (bicyclic) bond motifs is 4. The van der Waals surface area contributed by atoms with E-state index in [9.17, 15) is 0 Å². The van der Waals surface area contributed by atoms with Crippen molar-refractivity contribution in [3.05, 3.63) is 140 Å². The number of hydrogen-bond acceptors (Lipinski definition) is 1. The van der Waals surface area contributed by atoms with Gasteiger partial charge in [0.25, 0.3) is 0 Å². The van der Waals surface area contributed by atoms with Crippen LogP contribution in [0.15, 0.2) is 140 Å². The summed E-state index contributed by atoms with van der Waals surface area (Å²) in [6.45, 7) is 0. The highest BCUT2D eigenvalue weighted by molar-refractivity contribution is 6.33. The second-order valence-corrected chi connectivity index (χ2v) is 10.8. The standard InChI is InChI=1S/C39H23N/c1-2-8-27-23-37-29(19-25(27)7-1)17-18-36(40-37)28-12-3-11-26(20-28)31-21-30-13-6-15-33-32-14-4-9-24-10-5-16-34(38(24)32)35(22-31)39(30)33/h1-23H. The van der Waals surface area contributed by atoms with Crippen LogP contribution >= 0.6 is 0 Å². The first-order valence-electron chi connectivity index (χ1n) is 13.8. The fraction of sp³-hybridized carbons (Fsp3) is 0. The Kier molecular flexibility index (Phi) is 4.39. The molecule has 9 aromatic rings. The summed E-state index contributed by atoms with van der Waals surface area (Å²) in [5, 5.41) is 14.2. The Bertz CT molecular complexity index is 2430. The van der Waals surface area contributed by atoms with Gasteiger partial charge in [-0.2, -0.15) is 0 Å². The minimum atomic E-state index is 0.993. The Hall–Kier alpha value is -5.27. The van der Waals surface area contributed by atoms with Crippen LogP contribution in [0.3, 0.4) is 0 Å². The second-order valence-electron chi connectivity index (χ2n) is 10.8. The van der Waals surface area contributed by atoms with Gasteiger partial charge < -0.3 is 0 Å². The highest BCUT2D eigenvalue weighted by atomic mass is 14.7. The Morgan fingerprint density at radius 1 is 0.325 bits per heavy atom. The van der Waals surface area contributed by atoms with E-state index in [1.807, 2.05) is 0 Å². The molecule has 1 nitrogen and oxygen atoms in total. The van der Waals surface area contributed by atoms with E-state index in [2.05, 4.69) is 140 Å². The zero-order valence-corrected chi connectivity index (χ0v) is 21.7. The molecule has 0 unspecified atom stereocenters. The fourth-order valence-electron chi connectivity index (χ4n) is 6.65. The SMILES string of the molecule is c1cc(-c2cc3cccc4c5cccc6cccc(c(c2)c34)c65)cc(-c2ccc3cc4ccccc4cc3n2)c1. The topological polar surface area (TPSA) is 12.9 Å². The maximum atomic E-state index is 5.09. The molecule has 1 heterocycles. The lowest BCUT2D eigenvalue weighted by Gasteiger charge is -2.16. The molecular formula is C39H23N. The number of pyridine rings is 1. The third kappa shape index (κ3) is 3.12. The highest BCUT2D eigenvalue weighted by Crippen LogP contribution is 2.42. The van der Waals surface area contributed by atoms with Gasteiger partial charge in [-0.3, -0.25) is 0 Å². The van der Waals surface area contributed by atoms with Gasteiger partial charge in [0.05, 0.1) is 11.2 Å². The van der Waals surface area contributed by atoms with Crippen LogP contribution in [0.1, 0.15) is 0 Å². The van der Waals surface area contributed by atoms with E-state index >= 15 is 0 Å². The van der Waals surface area contributed by atoms with Crippen molar-refractivity contribution in [1.82, 2.24) is 4.98 Å². The van der Waals surface area contributed by atoms with Crippen molar-refractivity contribution < 1.29 is 0 Å². The summed E-state index contributed by atoms with van der Waals surface area (Å²) in [6.07, 6.45) is 0. The first-order chi connectivity index (χ1) is 19.8. The molecule has 0 atom stereocenters. The van der Waals surface area contributed by atoms with Crippen molar-refractivity contribution in [2.24, 2.45) is 0 Å². The maximum absolute atomic E-state index is 5.09. The minimum absolute atomic E-state index is 0.993. The molecule has 0 aliphatic heterocycles. The summed E-state index contributed by atoms with van der Waals surface area (Å²) in [5.41, 5.74) is 5.57. The van der Waals surface area contributed by atoms with E-state index in [-0.39, 0.29) is 0 Å². The number of rotatable bonds is 2. The molecule has 0 fully saturated rings. The smallest absolute Gasteiger partial charge is 0.0715 e.